The molecule has 2 aromatic carbocycles. The van der Waals surface area contributed by atoms with Crippen LogP contribution in [0.5, 0.6) is 17.2 Å². The highest BCUT2D eigenvalue weighted by Crippen LogP contribution is 2.27. The molecule has 0 aliphatic heterocycles. The van der Waals surface area contributed by atoms with Crippen molar-refractivity contribution in [1.82, 2.24) is 0 Å². The third kappa shape index (κ3) is 3.81. The van der Waals surface area contributed by atoms with Gasteiger partial charge in [-0.2, -0.15) is 0 Å². The minimum atomic E-state index is 0.153. The van der Waals surface area contributed by atoms with Gasteiger partial charge in [-0.05, 0) is 55.3 Å². The molecule has 0 heterocycles. The van der Waals surface area contributed by atoms with E-state index < -0.39 is 0 Å². The van der Waals surface area contributed by atoms with Crippen LogP contribution in [0.15, 0.2) is 36.4 Å². The first-order valence-electron chi connectivity index (χ1n) is 6.97. The number of methoxy groups -OCH3 is 1. The maximum Gasteiger partial charge on any atom is 0.160 e. The summed E-state index contributed by atoms with van der Waals surface area (Å²) >= 11 is 0. The first kappa shape index (κ1) is 15.0. The lowest BCUT2D eigenvalue weighted by molar-refractivity contribution is 0.340. The number of benzene rings is 2. The molecule has 0 atom stereocenters. The summed E-state index contributed by atoms with van der Waals surface area (Å²) in [6.45, 7) is 5.30. The van der Waals surface area contributed by atoms with Gasteiger partial charge < -0.3 is 19.9 Å². The van der Waals surface area contributed by atoms with Crippen LogP contribution in [-0.4, -0.2) is 18.8 Å². The lowest BCUT2D eigenvalue weighted by atomic mass is 10.1. The number of phenolic OH excluding ortho intramolecular Hbond substituents is 1. The van der Waals surface area contributed by atoms with Gasteiger partial charge >= 0.3 is 0 Å². The zero-order valence-corrected chi connectivity index (χ0v) is 12.6. The van der Waals surface area contributed by atoms with Gasteiger partial charge in [0.05, 0.1) is 13.7 Å². The van der Waals surface area contributed by atoms with Gasteiger partial charge in [-0.15, -0.1) is 0 Å². The fourth-order valence-electron chi connectivity index (χ4n) is 2.13. The molecule has 0 aromatic heterocycles. The molecule has 0 amide bonds. The Bertz CT molecular complexity index is 611. The molecule has 0 saturated carbocycles. The highest BCUT2D eigenvalue weighted by Gasteiger charge is 2.04. The van der Waals surface area contributed by atoms with Crippen molar-refractivity contribution in [3.63, 3.8) is 0 Å². The molecule has 0 fully saturated rings. The van der Waals surface area contributed by atoms with Crippen molar-refractivity contribution in [2.75, 3.05) is 19.0 Å². The second-order valence-corrected chi connectivity index (χ2v) is 4.77. The van der Waals surface area contributed by atoms with Gasteiger partial charge in [-0.3, -0.25) is 0 Å². The quantitative estimate of drug-likeness (QED) is 0.850. The molecule has 0 aliphatic carbocycles. The molecule has 4 heteroatoms. The Labute approximate surface area is 125 Å². The summed E-state index contributed by atoms with van der Waals surface area (Å²) in [5.41, 5.74) is 3.16. The van der Waals surface area contributed by atoms with E-state index in [1.807, 2.05) is 38.1 Å². The van der Waals surface area contributed by atoms with Gasteiger partial charge in [0.15, 0.2) is 11.5 Å². The topological polar surface area (TPSA) is 50.7 Å². The minimum absolute atomic E-state index is 0.153. The second-order valence-electron chi connectivity index (χ2n) is 4.77. The van der Waals surface area contributed by atoms with Gasteiger partial charge in [0.25, 0.3) is 0 Å². The predicted octanol–water partition coefficient (Wildman–Crippen LogP) is 3.72. The van der Waals surface area contributed by atoms with E-state index in [0.717, 1.165) is 22.6 Å². The summed E-state index contributed by atoms with van der Waals surface area (Å²) in [6.07, 6.45) is 0. The molecule has 2 N–H and O–H groups in total. The van der Waals surface area contributed by atoms with Crippen LogP contribution < -0.4 is 14.8 Å². The smallest absolute Gasteiger partial charge is 0.160 e. The van der Waals surface area contributed by atoms with Crippen molar-refractivity contribution < 1.29 is 14.6 Å². The van der Waals surface area contributed by atoms with Crippen molar-refractivity contribution >= 4 is 5.69 Å². The van der Waals surface area contributed by atoms with Crippen molar-refractivity contribution in [2.45, 2.75) is 20.4 Å². The summed E-state index contributed by atoms with van der Waals surface area (Å²) in [5.74, 6) is 1.51. The summed E-state index contributed by atoms with van der Waals surface area (Å²) in [7, 11) is 1.54. The number of aromatic hydroxyl groups is 1. The first-order valence-corrected chi connectivity index (χ1v) is 6.97. The van der Waals surface area contributed by atoms with Crippen LogP contribution in [-0.2, 0) is 6.54 Å². The number of anilines is 1. The van der Waals surface area contributed by atoms with Crippen LogP contribution in [0.3, 0.4) is 0 Å². The van der Waals surface area contributed by atoms with Crippen LogP contribution in [0, 0.1) is 6.92 Å². The van der Waals surface area contributed by atoms with Gasteiger partial charge in [-0.25, -0.2) is 0 Å². The molecule has 2 aromatic rings. The molecule has 0 unspecified atom stereocenters. The van der Waals surface area contributed by atoms with Gasteiger partial charge in [0, 0.05) is 12.2 Å². The van der Waals surface area contributed by atoms with E-state index in [4.69, 9.17) is 9.47 Å². The van der Waals surface area contributed by atoms with E-state index in [9.17, 15) is 5.11 Å². The molecular formula is C17H21NO3. The fourth-order valence-corrected chi connectivity index (χ4v) is 2.13. The number of rotatable bonds is 6. The SMILES string of the molecule is CCOc1ccc(NCc2ccc(OC)c(O)c2)c(C)c1. The Morgan fingerprint density at radius 1 is 1.14 bits per heavy atom. The van der Waals surface area contributed by atoms with Gasteiger partial charge in [0.1, 0.15) is 5.75 Å². The highest BCUT2D eigenvalue weighted by atomic mass is 16.5. The van der Waals surface area contributed by atoms with Crippen LogP contribution >= 0.6 is 0 Å². The Hall–Kier alpha value is -2.36. The van der Waals surface area contributed by atoms with E-state index in [1.165, 1.54) is 7.11 Å². The van der Waals surface area contributed by atoms with E-state index in [0.29, 0.717) is 18.9 Å². The monoisotopic (exact) mass is 287 g/mol. The maximum absolute atomic E-state index is 9.77. The third-order valence-corrected chi connectivity index (χ3v) is 3.24. The highest BCUT2D eigenvalue weighted by molar-refractivity contribution is 5.54. The number of phenols is 1. The van der Waals surface area contributed by atoms with Crippen molar-refractivity contribution in [2.24, 2.45) is 0 Å². The summed E-state index contributed by atoms with van der Waals surface area (Å²) < 4.78 is 10.5. The normalized spacial score (nSPS) is 10.2. The molecule has 2 rings (SSSR count). The lowest BCUT2D eigenvalue weighted by Gasteiger charge is -2.12. The van der Waals surface area contributed by atoms with E-state index in [1.54, 1.807) is 12.1 Å². The number of hydrogen-bond acceptors (Lipinski definition) is 4. The summed E-state index contributed by atoms with van der Waals surface area (Å²) in [4.78, 5) is 0. The number of nitrogens with one attached hydrogen (secondary N) is 1. The lowest BCUT2D eigenvalue weighted by Crippen LogP contribution is -2.01. The molecule has 0 spiro atoms. The number of hydrogen-bond donors (Lipinski definition) is 2. The summed E-state index contributed by atoms with van der Waals surface area (Å²) in [5, 5.41) is 13.1. The van der Waals surface area contributed by atoms with Crippen LogP contribution in [0.1, 0.15) is 18.1 Å². The Balaban J connectivity index is 2.04. The minimum Gasteiger partial charge on any atom is -0.504 e. The van der Waals surface area contributed by atoms with Gasteiger partial charge in [-0.1, -0.05) is 6.07 Å². The van der Waals surface area contributed by atoms with E-state index >= 15 is 0 Å². The maximum atomic E-state index is 9.77. The molecular weight excluding hydrogens is 266 g/mol. The van der Waals surface area contributed by atoms with Gasteiger partial charge in [0.2, 0.25) is 0 Å². The fraction of sp³-hybridized carbons (Fsp3) is 0.294. The van der Waals surface area contributed by atoms with E-state index in [-0.39, 0.29) is 5.75 Å². The molecule has 0 radical (unpaired) electrons. The zero-order chi connectivity index (χ0) is 15.2. The van der Waals surface area contributed by atoms with Crippen LogP contribution in [0.25, 0.3) is 0 Å². The summed E-state index contributed by atoms with van der Waals surface area (Å²) in [6, 6.07) is 11.4. The van der Waals surface area contributed by atoms with Crippen molar-refractivity contribution in [3.8, 4) is 17.2 Å². The molecule has 0 aliphatic rings. The number of ether oxygens (including phenoxy) is 2. The van der Waals surface area contributed by atoms with Crippen molar-refractivity contribution in [1.29, 1.82) is 0 Å². The largest absolute Gasteiger partial charge is 0.504 e. The van der Waals surface area contributed by atoms with E-state index in [2.05, 4.69) is 5.32 Å². The molecule has 4 nitrogen and oxygen atoms in total. The standard InChI is InChI=1S/C17H21NO3/c1-4-21-14-6-7-15(12(2)9-14)18-11-13-5-8-17(20-3)16(19)10-13/h5-10,18-19H,4,11H2,1-3H3. The predicted molar refractivity (Wildman–Crippen MR) is 84.3 cm³/mol. The Kier molecular flexibility index (Phi) is 4.93. The molecule has 21 heavy (non-hydrogen) atoms. The number of aryl methyl sites for hydroxylation is 1. The third-order valence-electron chi connectivity index (χ3n) is 3.24. The average molecular weight is 287 g/mol. The average Bonchev–Trinajstić information content (AvgIpc) is 2.47. The van der Waals surface area contributed by atoms with Crippen LogP contribution in [0.2, 0.25) is 0 Å². The first-order chi connectivity index (χ1) is 10.1. The Morgan fingerprint density at radius 3 is 2.57 bits per heavy atom. The second kappa shape index (κ2) is 6.88. The molecule has 112 valence electrons. The molecule has 0 saturated heterocycles. The zero-order valence-electron chi connectivity index (χ0n) is 12.6. The Morgan fingerprint density at radius 2 is 1.95 bits per heavy atom. The van der Waals surface area contributed by atoms with Crippen LogP contribution in [0.4, 0.5) is 5.69 Å². The molecule has 0 bridgehead atoms. The van der Waals surface area contributed by atoms with Crippen molar-refractivity contribution in [3.05, 3.63) is 47.5 Å².